The SMILES string of the molecule is CCCCCCCCCNC.I. The van der Waals surface area contributed by atoms with Gasteiger partial charge in [0.05, 0.1) is 0 Å². The number of hydrogen-bond donors (Lipinski definition) is 1. The maximum absolute atomic E-state index is 3.17. The summed E-state index contributed by atoms with van der Waals surface area (Å²) >= 11 is 0. The minimum Gasteiger partial charge on any atom is -0.320 e. The number of rotatable bonds is 8. The molecule has 0 amide bonds. The quantitative estimate of drug-likeness (QED) is 0.531. The molecule has 0 bridgehead atoms. The van der Waals surface area contributed by atoms with Gasteiger partial charge in [-0.25, -0.2) is 0 Å². The van der Waals surface area contributed by atoms with Crippen LogP contribution in [-0.2, 0) is 0 Å². The highest BCUT2D eigenvalue weighted by atomic mass is 127. The topological polar surface area (TPSA) is 12.0 Å². The molecule has 0 atom stereocenters. The lowest BCUT2D eigenvalue weighted by molar-refractivity contribution is 0.578. The van der Waals surface area contributed by atoms with Crippen LogP contribution in [0, 0.1) is 0 Å². The third-order valence-corrected chi connectivity index (χ3v) is 2.03. The van der Waals surface area contributed by atoms with E-state index in [9.17, 15) is 0 Å². The van der Waals surface area contributed by atoms with Crippen LogP contribution in [0.2, 0.25) is 0 Å². The first-order chi connectivity index (χ1) is 5.41. The summed E-state index contributed by atoms with van der Waals surface area (Å²) in [6.45, 7) is 3.45. The van der Waals surface area contributed by atoms with Crippen LogP contribution in [0.1, 0.15) is 51.9 Å². The second-order valence-corrected chi connectivity index (χ2v) is 3.22. The molecule has 0 aromatic heterocycles. The fourth-order valence-electron chi connectivity index (χ4n) is 1.26. The predicted octanol–water partition coefficient (Wildman–Crippen LogP) is 3.57. The summed E-state index contributed by atoms with van der Waals surface area (Å²) in [6.07, 6.45) is 9.85. The second-order valence-electron chi connectivity index (χ2n) is 3.22. The molecule has 0 aromatic rings. The van der Waals surface area contributed by atoms with Gasteiger partial charge in [0, 0.05) is 0 Å². The van der Waals surface area contributed by atoms with E-state index in [4.69, 9.17) is 0 Å². The highest BCUT2D eigenvalue weighted by Gasteiger charge is 1.88. The summed E-state index contributed by atoms with van der Waals surface area (Å²) in [6, 6.07) is 0. The van der Waals surface area contributed by atoms with Gasteiger partial charge in [-0.1, -0.05) is 45.4 Å². The molecule has 0 rings (SSSR count). The molecule has 0 aliphatic carbocycles. The lowest BCUT2D eigenvalue weighted by atomic mass is 10.1. The summed E-state index contributed by atoms with van der Waals surface area (Å²) in [5.74, 6) is 0. The molecule has 0 unspecified atom stereocenters. The Hall–Kier alpha value is 0.690. The van der Waals surface area contributed by atoms with Gasteiger partial charge in [-0.15, -0.1) is 24.0 Å². The summed E-state index contributed by atoms with van der Waals surface area (Å²) in [5.41, 5.74) is 0. The van der Waals surface area contributed by atoms with Crippen molar-refractivity contribution in [3.05, 3.63) is 0 Å². The van der Waals surface area contributed by atoms with Crippen molar-refractivity contribution in [2.75, 3.05) is 13.6 Å². The van der Waals surface area contributed by atoms with Gasteiger partial charge in [0.15, 0.2) is 0 Å². The molecule has 0 aliphatic heterocycles. The van der Waals surface area contributed by atoms with Gasteiger partial charge in [0.1, 0.15) is 0 Å². The van der Waals surface area contributed by atoms with Crippen molar-refractivity contribution in [1.29, 1.82) is 0 Å². The molecule has 1 nitrogen and oxygen atoms in total. The Labute approximate surface area is 94.7 Å². The fraction of sp³-hybridized carbons (Fsp3) is 1.00. The van der Waals surface area contributed by atoms with Crippen molar-refractivity contribution in [3.63, 3.8) is 0 Å². The predicted molar refractivity (Wildman–Crippen MR) is 67.3 cm³/mol. The first-order valence-corrected chi connectivity index (χ1v) is 5.06. The van der Waals surface area contributed by atoms with Crippen LogP contribution in [0.3, 0.4) is 0 Å². The molecule has 0 aliphatic rings. The minimum atomic E-state index is 0. The third-order valence-electron chi connectivity index (χ3n) is 2.03. The van der Waals surface area contributed by atoms with Gasteiger partial charge in [0.2, 0.25) is 0 Å². The highest BCUT2D eigenvalue weighted by Crippen LogP contribution is 2.05. The molecule has 76 valence electrons. The standard InChI is InChI=1S/C10H23N.HI/c1-3-4-5-6-7-8-9-10-11-2;/h11H,3-10H2,1-2H3;1H. The van der Waals surface area contributed by atoms with Gasteiger partial charge in [-0.05, 0) is 20.0 Å². The first kappa shape index (κ1) is 15.2. The van der Waals surface area contributed by atoms with E-state index in [-0.39, 0.29) is 24.0 Å². The molecule has 0 radical (unpaired) electrons. The molecular weight excluding hydrogens is 261 g/mol. The van der Waals surface area contributed by atoms with E-state index in [1.54, 1.807) is 0 Å². The smallest absolute Gasteiger partial charge is 0.00519 e. The highest BCUT2D eigenvalue weighted by molar-refractivity contribution is 14.0. The van der Waals surface area contributed by atoms with Crippen LogP contribution >= 0.6 is 24.0 Å². The molecule has 2 heteroatoms. The van der Waals surface area contributed by atoms with Crippen LogP contribution in [0.4, 0.5) is 0 Å². The van der Waals surface area contributed by atoms with Crippen molar-refractivity contribution in [2.24, 2.45) is 0 Å². The van der Waals surface area contributed by atoms with Crippen molar-refractivity contribution in [3.8, 4) is 0 Å². The van der Waals surface area contributed by atoms with E-state index < -0.39 is 0 Å². The lowest BCUT2D eigenvalue weighted by Crippen LogP contribution is -2.06. The van der Waals surface area contributed by atoms with Crippen LogP contribution < -0.4 is 5.32 Å². The number of hydrogen-bond acceptors (Lipinski definition) is 1. The Balaban J connectivity index is 0. The largest absolute Gasteiger partial charge is 0.320 e. The average Bonchev–Trinajstić information content (AvgIpc) is 2.03. The lowest BCUT2D eigenvalue weighted by Gasteiger charge is -1.99. The Kier molecular flexibility index (Phi) is 18.0. The Bertz CT molecular complexity index is 58.9. The van der Waals surface area contributed by atoms with Crippen LogP contribution in [0.5, 0.6) is 0 Å². The Morgan fingerprint density at radius 2 is 1.33 bits per heavy atom. The van der Waals surface area contributed by atoms with Crippen molar-refractivity contribution in [1.82, 2.24) is 5.32 Å². The third kappa shape index (κ3) is 13.3. The van der Waals surface area contributed by atoms with E-state index in [1.165, 1.54) is 51.5 Å². The molecule has 12 heavy (non-hydrogen) atoms. The van der Waals surface area contributed by atoms with E-state index in [0.29, 0.717) is 0 Å². The molecule has 1 N–H and O–H groups in total. The summed E-state index contributed by atoms with van der Waals surface area (Å²) in [4.78, 5) is 0. The fourth-order valence-corrected chi connectivity index (χ4v) is 1.26. The molecule has 0 spiro atoms. The molecule has 0 saturated heterocycles. The van der Waals surface area contributed by atoms with Gasteiger partial charge in [-0.3, -0.25) is 0 Å². The van der Waals surface area contributed by atoms with Crippen molar-refractivity contribution < 1.29 is 0 Å². The number of nitrogens with one attached hydrogen (secondary N) is 1. The Morgan fingerprint density at radius 3 is 1.83 bits per heavy atom. The molecule has 0 saturated carbocycles. The van der Waals surface area contributed by atoms with Crippen LogP contribution in [0.15, 0.2) is 0 Å². The zero-order valence-corrected chi connectivity index (χ0v) is 10.9. The van der Waals surface area contributed by atoms with Gasteiger partial charge >= 0.3 is 0 Å². The zero-order chi connectivity index (χ0) is 8.36. The van der Waals surface area contributed by atoms with Crippen LogP contribution in [0.25, 0.3) is 0 Å². The second kappa shape index (κ2) is 14.2. The maximum Gasteiger partial charge on any atom is -0.00519 e. The molecule has 0 heterocycles. The number of unbranched alkanes of at least 4 members (excludes halogenated alkanes) is 6. The molecular formula is C10H24IN. The van der Waals surface area contributed by atoms with Crippen molar-refractivity contribution >= 4 is 24.0 Å². The monoisotopic (exact) mass is 285 g/mol. The maximum atomic E-state index is 3.17. The first-order valence-electron chi connectivity index (χ1n) is 5.06. The molecule has 0 aromatic carbocycles. The van der Waals surface area contributed by atoms with Crippen LogP contribution in [-0.4, -0.2) is 13.6 Å². The van der Waals surface area contributed by atoms with E-state index in [0.717, 1.165) is 0 Å². The van der Waals surface area contributed by atoms with Gasteiger partial charge in [-0.2, -0.15) is 0 Å². The minimum absolute atomic E-state index is 0. The van der Waals surface area contributed by atoms with Gasteiger partial charge in [0.25, 0.3) is 0 Å². The zero-order valence-electron chi connectivity index (χ0n) is 8.57. The summed E-state index contributed by atoms with van der Waals surface area (Å²) < 4.78 is 0. The van der Waals surface area contributed by atoms with Crippen molar-refractivity contribution in [2.45, 2.75) is 51.9 Å². The normalized spacial score (nSPS) is 9.50. The van der Waals surface area contributed by atoms with E-state index >= 15 is 0 Å². The number of halogens is 1. The molecule has 0 fully saturated rings. The van der Waals surface area contributed by atoms with E-state index in [1.807, 2.05) is 7.05 Å². The average molecular weight is 285 g/mol. The van der Waals surface area contributed by atoms with E-state index in [2.05, 4.69) is 12.2 Å². The van der Waals surface area contributed by atoms with Gasteiger partial charge < -0.3 is 5.32 Å². The summed E-state index contributed by atoms with van der Waals surface area (Å²) in [7, 11) is 2.02. The summed E-state index contributed by atoms with van der Waals surface area (Å²) in [5, 5.41) is 3.17. The Morgan fingerprint density at radius 1 is 0.833 bits per heavy atom.